The fourth-order valence-corrected chi connectivity index (χ4v) is 5.46. The van der Waals surface area contributed by atoms with E-state index in [-0.39, 0.29) is 18.3 Å². The SMILES string of the molecule is CCOC(=O)c1c(-c2cccs2)csc1NC(=O)CSc1nnnn1-c1ccccc1OC. The van der Waals surface area contributed by atoms with Crippen molar-refractivity contribution in [3.8, 4) is 21.9 Å². The number of aromatic nitrogens is 4. The zero-order chi connectivity index (χ0) is 23.2. The summed E-state index contributed by atoms with van der Waals surface area (Å²) in [5.41, 5.74) is 1.77. The monoisotopic (exact) mass is 501 g/mol. The van der Waals surface area contributed by atoms with Crippen LogP contribution in [-0.4, -0.2) is 51.6 Å². The summed E-state index contributed by atoms with van der Waals surface area (Å²) in [6.07, 6.45) is 0. The molecule has 0 fully saturated rings. The number of rotatable bonds is 9. The van der Waals surface area contributed by atoms with E-state index in [9.17, 15) is 9.59 Å². The molecule has 4 aromatic rings. The number of para-hydroxylation sites is 2. The molecule has 0 saturated heterocycles. The molecule has 0 aliphatic heterocycles. The van der Waals surface area contributed by atoms with Gasteiger partial charge in [-0.25, -0.2) is 4.79 Å². The number of nitrogens with one attached hydrogen (secondary N) is 1. The number of anilines is 1. The number of benzene rings is 1. The van der Waals surface area contributed by atoms with Crippen LogP contribution in [0.2, 0.25) is 0 Å². The number of amides is 1. The molecule has 33 heavy (non-hydrogen) atoms. The Kier molecular flexibility index (Phi) is 7.37. The first-order chi connectivity index (χ1) is 16.1. The maximum atomic E-state index is 12.7. The van der Waals surface area contributed by atoms with Gasteiger partial charge in [0, 0.05) is 15.8 Å². The molecular weight excluding hydrogens is 482 g/mol. The Labute approximate surface area is 201 Å². The summed E-state index contributed by atoms with van der Waals surface area (Å²) in [4.78, 5) is 26.3. The first kappa shape index (κ1) is 23.0. The maximum absolute atomic E-state index is 12.7. The zero-order valence-corrected chi connectivity index (χ0v) is 20.1. The lowest BCUT2D eigenvalue weighted by Gasteiger charge is -2.09. The van der Waals surface area contributed by atoms with Gasteiger partial charge in [0.15, 0.2) is 0 Å². The summed E-state index contributed by atoms with van der Waals surface area (Å²) < 4.78 is 12.1. The van der Waals surface area contributed by atoms with E-state index in [0.717, 1.165) is 10.4 Å². The number of methoxy groups -OCH3 is 1. The molecule has 1 aromatic carbocycles. The van der Waals surface area contributed by atoms with Crippen molar-refractivity contribution in [2.45, 2.75) is 12.1 Å². The van der Waals surface area contributed by atoms with Gasteiger partial charge in [0.25, 0.3) is 0 Å². The number of tetrazole rings is 1. The Bertz CT molecular complexity index is 1250. The Morgan fingerprint density at radius 3 is 2.79 bits per heavy atom. The lowest BCUT2D eigenvalue weighted by atomic mass is 10.1. The van der Waals surface area contributed by atoms with E-state index in [0.29, 0.717) is 27.2 Å². The molecule has 0 aliphatic rings. The topological polar surface area (TPSA) is 108 Å². The highest BCUT2D eigenvalue weighted by atomic mass is 32.2. The van der Waals surface area contributed by atoms with Crippen molar-refractivity contribution in [3.05, 3.63) is 52.7 Å². The number of hydrogen-bond acceptors (Lipinski definition) is 10. The number of carbonyl (C=O) groups is 2. The van der Waals surface area contributed by atoms with Gasteiger partial charge >= 0.3 is 5.97 Å². The number of hydrogen-bond donors (Lipinski definition) is 1. The fraction of sp³-hybridized carbons (Fsp3) is 0.190. The normalized spacial score (nSPS) is 10.7. The van der Waals surface area contributed by atoms with Gasteiger partial charge < -0.3 is 14.8 Å². The number of thioether (sulfide) groups is 1. The number of thiophene rings is 2. The average Bonchev–Trinajstić information content (AvgIpc) is 3.58. The van der Waals surface area contributed by atoms with Crippen LogP contribution in [-0.2, 0) is 9.53 Å². The molecule has 12 heteroatoms. The molecule has 0 atom stereocenters. The minimum Gasteiger partial charge on any atom is -0.494 e. The third kappa shape index (κ3) is 5.07. The van der Waals surface area contributed by atoms with E-state index in [1.165, 1.54) is 39.1 Å². The summed E-state index contributed by atoms with van der Waals surface area (Å²) in [5, 5.41) is 19.3. The second-order valence-corrected chi connectivity index (χ2v) is 9.20. The van der Waals surface area contributed by atoms with E-state index in [2.05, 4.69) is 20.8 Å². The summed E-state index contributed by atoms with van der Waals surface area (Å²) in [6.45, 7) is 1.99. The summed E-state index contributed by atoms with van der Waals surface area (Å²) in [7, 11) is 1.57. The Hall–Kier alpha value is -3.22. The minimum atomic E-state index is -0.467. The van der Waals surface area contributed by atoms with Gasteiger partial charge in [0.05, 0.1) is 19.5 Å². The van der Waals surface area contributed by atoms with Crippen LogP contribution in [0, 0.1) is 0 Å². The largest absolute Gasteiger partial charge is 0.494 e. The van der Waals surface area contributed by atoms with Crippen molar-refractivity contribution in [1.29, 1.82) is 0 Å². The molecule has 4 rings (SSSR count). The molecule has 0 spiro atoms. The van der Waals surface area contributed by atoms with Crippen LogP contribution in [0.5, 0.6) is 5.75 Å². The van der Waals surface area contributed by atoms with Crippen LogP contribution in [0.3, 0.4) is 0 Å². The van der Waals surface area contributed by atoms with Gasteiger partial charge in [-0.15, -0.1) is 27.8 Å². The first-order valence-electron chi connectivity index (χ1n) is 9.79. The number of carbonyl (C=O) groups excluding carboxylic acids is 2. The summed E-state index contributed by atoms with van der Waals surface area (Å²) in [5.74, 6) is -0.107. The van der Waals surface area contributed by atoms with Crippen molar-refractivity contribution < 1.29 is 19.1 Å². The molecule has 0 aliphatic carbocycles. The lowest BCUT2D eigenvalue weighted by Crippen LogP contribution is -2.16. The first-order valence-corrected chi connectivity index (χ1v) is 12.5. The zero-order valence-electron chi connectivity index (χ0n) is 17.7. The molecule has 0 unspecified atom stereocenters. The van der Waals surface area contributed by atoms with Crippen LogP contribution in [0.15, 0.2) is 52.3 Å². The van der Waals surface area contributed by atoms with Crippen LogP contribution < -0.4 is 10.1 Å². The molecule has 3 aromatic heterocycles. The lowest BCUT2D eigenvalue weighted by molar-refractivity contribution is -0.113. The second-order valence-electron chi connectivity index (χ2n) is 6.43. The molecule has 3 heterocycles. The van der Waals surface area contributed by atoms with E-state index in [4.69, 9.17) is 9.47 Å². The molecule has 0 saturated carbocycles. The third-order valence-electron chi connectivity index (χ3n) is 4.40. The maximum Gasteiger partial charge on any atom is 0.341 e. The van der Waals surface area contributed by atoms with Gasteiger partial charge in [0.1, 0.15) is 22.0 Å². The van der Waals surface area contributed by atoms with E-state index in [1.807, 2.05) is 41.1 Å². The van der Waals surface area contributed by atoms with Crippen LogP contribution in [0.25, 0.3) is 16.1 Å². The number of esters is 1. The van der Waals surface area contributed by atoms with E-state index in [1.54, 1.807) is 20.1 Å². The molecular formula is C21H19N5O4S3. The average molecular weight is 502 g/mol. The van der Waals surface area contributed by atoms with Gasteiger partial charge in [-0.1, -0.05) is 30.0 Å². The fourth-order valence-electron chi connectivity index (χ4n) is 2.99. The highest BCUT2D eigenvalue weighted by Gasteiger charge is 2.23. The van der Waals surface area contributed by atoms with Crippen molar-refractivity contribution in [2.75, 3.05) is 24.8 Å². The summed E-state index contributed by atoms with van der Waals surface area (Å²) >= 11 is 3.98. The molecule has 0 bridgehead atoms. The van der Waals surface area contributed by atoms with Gasteiger partial charge in [-0.2, -0.15) is 4.68 Å². The molecule has 0 radical (unpaired) electrons. The molecule has 9 nitrogen and oxygen atoms in total. The number of nitrogens with zero attached hydrogens (tertiary/aromatic N) is 4. The van der Waals surface area contributed by atoms with Gasteiger partial charge in [0.2, 0.25) is 11.1 Å². The Morgan fingerprint density at radius 1 is 1.18 bits per heavy atom. The van der Waals surface area contributed by atoms with Crippen LogP contribution in [0.1, 0.15) is 17.3 Å². The predicted molar refractivity (Wildman–Crippen MR) is 129 cm³/mol. The highest BCUT2D eigenvalue weighted by molar-refractivity contribution is 7.99. The Morgan fingerprint density at radius 2 is 2.03 bits per heavy atom. The standard InChI is InChI=1S/C21H19N5O4S3/c1-3-30-20(28)18-13(16-9-6-10-31-16)11-32-19(18)22-17(27)12-33-21-23-24-25-26(21)14-7-4-5-8-15(14)29-2/h4-11H,3,12H2,1-2H3,(H,22,27). The van der Waals surface area contributed by atoms with Crippen molar-refractivity contribution in [3.63, 3.8) is 0 Å². The van der Waals surface area contributed by atoms with Crippen LogP contribution >= 0.6 is 34.4 Å². The minimum absolute atomic E-state index is 0.0457. The van der Waals surface area contributed by atoms with E-state index >= 15 is 0 Å². The second kappa shape index (κ2) is 10.6. The van der Waals surface area contributed by atoms with E-state index < -0.39 is 5.97 Å². The third-order valence-corrected chi connectivity index (χ3v) is 7.11. The van der Waals surface area contributed by atoms with Crippen molar-refractivity contribution in [1.82, 2.24) is 20.2 Å². The number of ether oxygens (including phenoxy) is 2. The van der Waals surface area contributed by atoms with Crippen molar-refractivity contribution in [2.24, 2.45) is 0 Å². The van der Waals surface area contributed by atoms with Gasteiger partial charge in [-0.3, -0.25) is 4.79 Å². The molecule has 170 valence electrons. The quantitative estimate of drug-likeness (QED) is 0.266. The predicted octanol–water partition coefficient (Wildman–Crippen LogP) is 4.37. The molecule has 1 amide bonds. The molecule has 1 N–H and O–H groups in total. The van der Waals surface area contributed by atoms with Crippen LogP contribution in [0.4, 0.5) is 5.00 Å². The highest BCUT2D eigenvalue weighted by Crippen LogP contribution is 2.38. The van der Waals surface area contributed by atoms with Gasteiger partial charge in [-0.05, 0) is 40.9 Å². The Balaban J connectivity index is 1.50. The summed E-state index contributed by atoms with van der Waals surface area (Å²) in [6, 6.07) is 11.2. The van der Waals surface area contributed by atoms with Crippen molar-refractivity contribution >= 4 is 51.3 Å². The smallest absolute Gasteiger partial charge is 0.341 e.